The van der Waals surface area contributed by atoms with Gasteiger partial charge in [-0.2, -0.15) is 0 Å². The summed E-state index contributed by atoms with van der Waals surface area (Å²) in [4.78, 5) is 15.3. The Morgan fingerprint density at radius 3 is 2.52 bits per heavy atom. The molecule has 1 aromatic heterocycles. The molecule has 4 aromatic rings. The number of benzene rings is 3. The van der Waals surface area contributed by atoms with Crippen molar-refractivity contribution in [3.8, 4) is 16.9 Å². The number of carboxylic acid groups (broad SMARTS) is 1. The van der Waals surface area contributed by atoms with Gasteiger partial charge in [0.1, 0.15) is 18.2 Å². The van der Waals surface area contributed by atoms with Crippen LogP contribution in [0, 0.1) is 5.82 Å². The quantitative estimate of drug-likeness (QED) is 0.491. The van der Waals surface area contributed by atoms with Crippen LogP contribution >= 0.6 is 0 Å². The minimum Gasteiger partial charge on any atom is -0.487 e. The molecule has 0 radical (unpaired) electrons. The molecule has 29 heavy (non-hydrogen) atoms. The third-order valence-electron chi connectivity index (χ3n) is 4.60. The molecule has 0 amide bonds. The first-order valence-corrected chi connectivity index (χ1v) is 9.16. The molecule has 0 bridgehead atoms. The van der Waals surface area contributed by atoms with E-state index in [0.29, 0.717) is 29.0 Å². The normalized spacial score (nSPS) is 10.8. The van der Waals surface area contributed by atoms with Gasteiger partial charge in [-0.15, -0.1) is 0 Å². The molecule has 0 atom stereocenters. The third-order valence-corrected chi connectivity index (χ3v) is 4.60. The fourth-order valence-corrected chi connectivity index (χ4v) is 3.15. The summed E-state index contributed by atoms with van der Waals surface area (Å²) in [5.74, 6) is -0.774. The van der Waals surface area contributed by atoms with Crippen molar-refractivity contribution >= 4 is 16.9 Å². The average molecular weight is 387 g/mol. The van der Waals surface area contributed by atoms with Gasteiger partial charge in [-0.05, 0) is 41.5 Å². The Labute approximate surface area is 167 Å². The van der Waals surface area contributed by atoms with Crippen LogP contribution in [0.1, 0.15) is 11.3 Å². The number of ether oxygens (including phenoxy) is 1. The van der Waals surface area contributed by atoms with E-state index in [4.69, 9.17) is 9.84 Å². The summed E-state index contributed by atoms with van der Waals surface area (Å²) in [6.45, 7) is 0.336. The lowest BCUT2D eigenvalue weighted by molar-refractivity contribution is -0.136. The molecule has 0 fully saturated rings. The van der Waals surface area contributed by atoms with Crippen LogP contribution in [0.15, 0.2) is 78.9 Å². The molecule has 0 saturated heterocycles. The monoisotopic (exact) mass is 387 g/mol. The van der Waals surface area contributed by atoms with Crippen LogP contribution in [0.5, 0.6) is 5.75 Å². The minimum atomic E-state index is -0.987. The van der Waals surface area contributed by atoms with E-state index in [1.165, 1.54) is 6.07 Å². The summed E-state index contributed by atoms with van der Waals surface area (Å²) in [7, 11) is 0. The number of carbonyl (C=O) groups is 1. The number of hydrogen-bond donors (Lipinski definition) is 1. The predicted molar refractivity (Wildman–Crippen MR) is 109 cm³/mol. The van der Waals surface area contributed by atoms with E-state index in [1.54, 1.807) is 36.4 Å². The van der Waals surface area contributed by atoms with Gasteiger partial charge in [-0.1, -0.05) is 48.5 Å². The van der Waals surface area contributed by atoms with Crippen LogP contribution in [0.25, 0.3) is 22.0 Å². The Morgan fingerprint density at radius 1 is 0.966 bits per heavy atom. The Morgan fingerprint density at radius 2 is 1.76 bits per heavy atom. The highest BCUT2D eigenvalue weighted by atomic mass is 19.1. The average Bonchev–Trinajstić information content (AvgIpc) is 2.72. The number of halogens is 1. The number of rotatable bonds is 6. The summed E-state index contributed by atoms with van der Waals surface area (Å²) in [5.41, 5.74) is 3.29. The lowest BCUT2D eigenvalue weighted by atomic mass is 10.0. The van der Waals surface area contributed by atoms with E-state index in [-0.39, 0.29) is 6.42 Å². The fourth-order valence-electron chi connectivity index (χ4n) is 3.15. The standard InChI is InChI=1S/C24H18FNO3/c25-22-13-16(14-24(27)28)5-12-21(22)17-7-10-20(11-8-17)29-15-19-9-6-18-3-1-2-4-23(18)26-19/h1-13H,14-15H2,(H,27,28). The molecule has 0 spiro atoms. The van der Waals surface area contributed by atoms with Gasteiger partial charge < -0.3 is 9.84 Å². The predicted octanol–water partition coefficient (Wildman–Crippen LogP) is 5.25. The maximum atomic E-state index is 14.4. The van der Waals surface area contributed by atoms with Gasteiger partial charge in [-0.3, -0.25) is 4.79 Å². The number of hydrogen-bond acceptors (Lipinski definition) is 3. The van der Waals surface area contributed by atoms with Crippen molar-refractivity contribution in [3.63, 3.8) is 0 Å². The molecule has 1 N–H and O–H groups in total. The summed E-state index contributed by atoms with van der Waals surface area (Å²) >= 11 is 0. The van der Waals surface area contributed by atoms with Crippen LogP contribution in [0.4, 0.5) is 4.39 Å². The summed E-state index contributed by atoms with van der Waals surface area (Å²) in [5, 5.41) is 9.90. The van der Waals surface area contributed by atoms with Crippen molar-refractivity contribution in [2.45, 2.75) is 13.0 Å². The highest BCUT2D eigenvalue weighted by molar-refractivity contribution is 5.78. The number of aliphatic carboxylic acids is 1. The van der Waals surface area contributed by atoms with Gasteiger partial charge in [0.15, 0.2) is 0 Å². The van der Waals surface area contributed by atoms with E-state index in [9.17, 15) is 9.18 Å². The van der Waals surface area contributed by atoms with Gasteiger partial charge in [0.25, 0.3) is 0 Å². The van der Waals surface area contributed by atoms with Crippen LogP contribution in [-0.4, -0.2) is 16.1 Å². The molecule has 0 aliphatic carbocycles. The fraction of sp³-hybridized carbons (Fsp3) is 0.0833. The van der Waals surface area contributed by atoms with Crippen LogP contribution < -0.4 is 4.74 Å². The Balaban J connectivity index is 1.45. The first-order valence-electron chi connectivity index (χ1n) is 9.16. The number of nitrogens with zero attached hydrogens (tertiary/aromatic N) is 1. The molecule has 4 nitrogen and oxygen atoms in total. The zero-order valence-corrected chi connectivity index (χ0v) is 15.5. The van der Waals surface area contributed by atoms with Crippen LogP contribution in [0.2, 0.25) is 0 Å². The van der Waals surface area contributed by atoms with Gasteiger partial charge in [-0.25, -0.2) is 9.37 Å². The van der Waals surface area contributed by atoms with E-state index in [0.717, 1.165) is 16.6 Å². The molecule has 5 heteroatoms. The number of para-hydroxylation sites is 1. The molecule has 0 aliphatic rings. The molecule has 144 valence electrons. The van der Waals surface area contributed by atoms with Crippen molar-refractivity contribution in [2.75, 3.05) is 0 Å². The summed E-state index contributed by atoms with van der Waals surface area (Å²) in [6, 6.07) is 23.5. The van der Waals surface area contributed by atoms with Gasteiger partial charge in [0.2, 0.25) is 0 Å². The highest BCUT2D eigenvalue weighted by Crippen LogP contribution is 2.26. The third kappa shape index (κ3) is 4.41. The van der Waals surface area contributed by atoms with Crippen LogP contribution in [-0.2, 0) is 17.8 Å². The zero-order chi connectivity index (χ0) is 20.2. The van der Waals surface area contributed by atoms with E-state index < -0.39 is 11.8 Å². The second kappa shape index (κ2) is 8.10. The molecule has 3 aromatic carbocycles. The second-order valence-corrected chi connectivity index (χ2v) is 6.69. The lowest BCUT2D eigenvalue weighted by Gasteiger charge is -2.09. The number of aromatic nitrogens is 1. The second-order valence-electron chi connectivity index (χ2n) is 6.69. The maximum Gasteiger partial charge on any atom is 0.307 e. The first-order chi connectivity index (χ1) is 14.1. The summed E-state index contributed by atoms with van der Waals surface area (Å²) < 4.78 is 20.2. The van der Waals surface area contributed by atoms with Gasteiger partial charge >= 0.3 is 5.97 Å². The molecule has 1 heterocycles. The van der Waals surface area contributed by atoms with Crippen LogP contribution in [0.3, 0.4) is 0 Å². The van der Waals surface area contributed by atoms with Crippen molar-refractivity contribution in [2.24, 2.45) is 0 Å². The smallest absolute Gasteiger partial charge is 0.307 e. The number of fused-ring (bicyclic) bond motifs is 1. The van der Waals surface area contributed by atoms with E-state index in [2.05, 4.69) is 4.98 Å². The molecule has 0 saturated carbocycles. The topological polar surface area (TPSA) is 59.4 Å². The number of carboxylic acids is 1. The highest BCUT2D eigenvalue weighted by Gasteiger charge is 2.09. The van der Waals surface area contributed by atoms with Gasteiger partial charge in [0.05, 0.1) is 17.6 Å². The molecular weight excluding hydrogens is 369 g/mol. The molecule has 0 unspecified atom stereocenters. The zero-order valence-electron chi connectivity index (χ0n) is 15.5. The van der Waals surface area contributed by atoms with Gasteiger partial charge in [0, 0.05) is 10.9 Å². The Kier molecular flexibility index (Phi) is 5.20. The summed E-state index contributed by atoms with van der Waals surface area (Å²) in [6.07, 6.45) is -0.202. The van der Waals surface area contributed by atoms with Crippen molar-refractivity contribution in [1.29, 1.82) is 0 Å². The SMILES string of the molecule is O=C(O)Cc1ccc(-c2ccc(OCc3ccc4ccccc4n3)cc2)c(F)c1. The van der Waals surface area contributed by atoms with Crippen molar-refractivity contribution in [3.05, 3.63) is 95.9 Å². The minimum absolute atomic E-state index is 0.202. The maximum absolute atomic E-state index is 14.4. The van der Waals surface area contributed by atoms with E-state index in [1.807, 2.05) is 36.4 Å². The molecule has 4 rings (SSSR count). The number of pyridine rings is 1. The van der Waals surface area contributed by atoms with Crippen molar-refractivity contribution < 1.29 is 19.0 Å². The lowest BCUT2D eigenvalue weighted by Crippen LogP contribution is -2.00. The van der Waals surface area contributed by atoms with E-state index >= 15 is 0 Å². The molecular formula is C24H18FNO3. The first kappa shape index (κ1) is 18.6. The molecule has 0 aliphatic heterocycles. The Bertz CT molecular complexity index is 1170. The van der Waals surface area contributed by atoms with Crippen molar-refractivity contribution in [1.82, 2.24) is 4.98 Å². The Hall–Kier alpha value is -3.73. The largest absolute Gasteiger partial charge is 0.487 e.